The van der Waals surface area contributed by atoms with Gasteiger partial charge in [-0.3, -0.25) is 0 Å². The minimum absolute atomic E-state index is 0.0445. The van der Waals surface area contributed by atoms with Crippen LogP contribution in [0.5, 0.6) is 11.5 Å². The number of carboxylic acid groups (broad SMARTS) is 1. The van der Waals surface area contributed by atoms with E-state index in [-0.39, 0.29) is 28.2 Å². The van der Waals surface area contributed by atoms with E-state index in [1.54, 1.807) is 18.2 Å². The number of phenolic OH excluding ortho intramolecular Hbond substituents is 2. The van der Waals surface area contributed by atoms with Crippen molar-refractivity contribution >= 4 is 43.8 Å². The minimum atomic E-state index is -1.63. The predicted molar refractivity (Wildman–Crippen MR) is 148 cm³/mol. The highest BCUT2D eigenvalue weighted by Gasteiger charge is 2.53. The second kappa shape index (κ2) is 10.1. The maximum absolute atomic E-state index is 13.5. The van der Waals surface area contributed by atoms with E-state index >= 15 is 0 Å². The zero-order valence-electron chi connectivity index (χ0n) is 21.0. The van der Waals surface area contributed by atoms with Crippen LogP contribution in [0, 0.1) is 0 Å². The fourth-order valence-electron chi connectivity index (χ4n) is 5.71. The average molecular weight is 632 g/mol. The number of hydrogen-bond donors (Lipinski definition) is 3. The van der Waals surface area contributed by atoms with E-state index in [2.05, 4.69) is 31.9 Å². The Kier molecular flexibility index (Phi) is 7.45. The van der Waals surface area contributed by atoms with Crippen LogP contribution < -0.4 is 0 Å². The Morgan fingerprint density at radius 2 is 1.30 bits per heavy atom. The van der Waals surface area contributed by atoms with Gasteiger partial charge >= 0.3 is 11.9 Å². The molecule has 0 aromatic heterocycles. The van der Waals surface area contributed by atoms with Crippen molar-refractivity contribution in [3.05, 3.63) is 89.3 Å². The number of esters is 1. The molecule has 0 fully saturated rings. The van der Waals surface area contributed by atoms with E-state index in [0.717, 1.165) is 11.1 Å². The summed E-state index contributed by atoms with van der Waals surface area (Å²) in [5.74, 6) is -1.61. The first-order valence-electron chi connectivity index (χ1n) is 12.3. The number of aromatic carboxylic acids is 1. The molecule has 3 N–H and O–H groups in total. The van der Waals surface area contributed by atoms with Crippen molar-refractivity contribution in [2.24, 2.45) is 0 Å². The Hall–Kier alpha value is -2.84. The number of rotatable bonds is 7. The molecular weight excluding hydrogens is 604 g/mol. The van der Waals surface area contributed by atoms with Crippen LogP contribution in [0.25, 0.3) is 0 Å². The summed E-state index contributed by atoms with van der Waals surface area (Å²) in [6.45, 7) is 7.76. The monoisotopic (exact) mass is 630 g/mol. The molecule has 0 amide bonds. The number of ether oxygens (including phenoxy) is 1. The van der Waals surface area contributed by atoms with Crippen molar-refractivity contribution in [3.8, 4) is 11.5 Å². The molecule has 3 aromatic rings. The molecule has 3 aromatic carbocycles. The molecule has 0 saturated heterocycles. The highest BCUT2D eigenvalue weighted by atomic mass is 79.9. The summed E-state index contributed by atoms with van der Waals surface area (Å²) in [5, 5.41) is 32.0. The quantitative estimate of drug-likeness (QED) is 0.242. The molecule has 0 bridgehead atoms. The van der Waals surface area contributed by atoms with Crippen LogP contribution in [0.3, 0.4) is 0 Å². The molecule has 1 aliphatic heterocycles. The first kappa shape index (κ1) is 27.2. The third kappa shape index (κ3) is 3.96. The number of aromatic hydroxyl groups is 2. The van der Waals surface area contributed by atoms with Crippen molar-refractivity contribution in [2.45, 2.75) is 59.0 Å². The molecule has 37 heavy (non-hydrogen) atoms. The first-order chi connectivity index (χ1) is 17.6. The van der Waals surface area contributed by atoms with E-state index in [1.165, 1.54) is 12.1 Å². The van der Waals surface area contributed by atoms with Crippen LogP contribution in [0.4, 0.5) is 0 Å². The van der Waals surface area contributed by atoms with Gasteiger partial charge in [-0.1, -0.05) is 33.8 Å². The number of fused-ring (bicyclic) bond motifs is 1. The zero-order chi connectivity index (χ0) is 27.2. The van der Waals surface area contributed by atoms with Gasteiger partial charge in [0.05, 0.1) is 20.1 Å². The third-order valence-electron chi connectivity index (χ3n) is 7.23. The number of carboxylic acids is 1. The maximum atomic E-state index is 13.5. The molecule has 0 atom stereocenters. The largest absolute Gasteiger partial charge is 0.506 e. The van der Waals surface area contributed by atoms with Crippen molar-refractivity contribution in [1.29, 1.82) is 0 Å². The summed E-state index contributed by atoms with van der Waals surface area (Å²) in [6, 6.07) is 8.03. The van der Waals surface area contributed by atoms with E-state index in [4.69, 9.17) is 4.74 Å². The summed E-state index contributed by atoms with van der Waals surface area (Å²) >= 11 is 6.96. The predicted octanol–water partition coefficient (Wildman–Crippen LogP) is 7.03. The van der Waals surface area contributed by atoms with Gasteiger partial charge in [-0.15, -0.1) is 0 Å². The van der Waals surface area contributed by atoms with Gasteiger partial charge in [0.2, 0.25) is 0 Å². The summed E-state index contributed by atoms with van der Waals surface area (Å²) < 4.78 is 7.18. The van der Waals surface area contributed by atoms with Crippen LogP contribution in [-0.2, 0) is 36.0 Å². The van der Waals surface area contributed by atoms with Gasteiger partial charge in [0, 0.05) is 16.7 Å². The molecule has 0 aliphatic carbocycles. The molecule has 0 unspecified atom stereocenters. The van der Waals surface area contributed by atoms with E-state index in [9.17, 15) is 24.9 Å². The Labute approximate surface area is 232 Å². The molecule has 8 heteroatoms. The molecule has 0 spiro atoms. The van der Waals surface area contributed by atoms with Gasteiger partial charge in [0.1, 0.15) is 11.5 Å². The molecule has 194 valence electrons. The van der Waals surface area contributed by atoms with Crippen molar-refractivity contribution in [3.63, 3.8) is 0 Å². The Morgan fingerprint density at radius 1 is 0.838 bits per heavy atom. The van der Waals surface area contributed by atoms with Gasteiger partial charge in [0.25, 0.3) is 0 Å². The van der Waals surface area contributed by atoms with Gasteiger partial charge in [-0.2, -0.15) is 0 Å². The third-order valence-corrected chi connectivity index (χ3v) is 8.44. The number of hydrogen-bond acceptors (Lipinski definition) is 5. The van der Waals surface area contributed by atoms with Gasteiger partial charge in [0.15, 0.2) is 5.60 Å². The lowest BCUT2D eigenvalue weighted by Gasteiger charge is -2.36. The topological polar surface area (TPSA) is 104 Å². The Balaban J connectivity index is 2.34. The number of carbonyl (C=O) groups excluding carboxylic acids is 1. The normalized spacial score (nSPS) is 13.9. The summed E-state index contributed by atoms with van der Waals surface area (Å²) in [5.41, 5.74) is 2.82. The van der Waals surface area contributed by atoms with Crippen LogP contribution in [0.15, 0.2) is 39.3 Å². The number of cyclic esters (lactones) is 1. The number of halogens is 2. The molecule has 0 saturated carbocycles. The zero-order valence-corrected chi connectivity index (χ0v) is 24.2. The van der Waals surface area contributed by atoms with E-state index < -0.39 is 17.5 Å². The van der Waals surface area contributed by atoms with Gasteiger partial charge in [-0.25, -0.2) is 9.59 Å². The summed E-state index contributed by atoms with van der Waals surface area (Å²) in [7, 11) is 0. The summed E-state index contributed by atoms with van der Waals surface area (Å²) in [4.78, 5) is 26.0. The highest BCUT2D eigenvalue weighted by Crippen LogP contribution is 2.54. The maximum Gasteiger partial charge on any atom is 0.340 e. The molecule has 6 nitrogen and oxygen atoms in total. The SMILES string of the molecule is CCc1c(C2(c3cc(Br)c(O)c(CC)c3CC)OC(=O)c3cccc(C(=O)O)c32)cc(Br)c(O)c1CC. The number of carbonyl (C=O) groups is 2. The van der Waals surface area contributed by atoms with Crippen molar-refractivity contribution in [1.82, 2.24) is 0 Å². The molecule has 0 radical (unpaired) electrons. The standard InChI is InChI=1S/C29H28Br2O6/c1-5-14-16(7-3)25(32)22(30)12-20(14)29(21-13-23(31)26(33)17(8-4)15(21)6-2)24-18(27(34)35)10-9-11-19(24)28(36)37-29/h9-13,32-33H,5-8H2,1-4H3,(H,34,35). The lowest BCUT2D eigenvalue weighted by Crippen LogP contribution is -2.34. The van der Waals surface area contributed by atoms with Crippen LogP contribution in [0.2, 0.25) is 0 Å². The van der Waals surface area contributed by atoms with Crippen LogP contribution in [0.1, 0.15) is 87.4 Å². The number of benzene rings is 3. The highest BCUT2D eigenvalue weighted by molar-refractivity contribution is 9.10. The lowest BCUT2D eigenvalue weighted by molar-refractivity contribution is 0.0240. The van der Waals surface area contributed by atoms with Gasteiger partial charge in [-0.05, 0) is 104 Å². The lowest BCUT2D eigenvalue weighted by atomic mass is 9.72. The summed E-state index contributed by atoms with van der Waals surface area (Å²) in [6.07, 6.45) is 2.03. The fraction of sp³-hybridized carbons (Fsp3) is 0.310. The molecule has 1 heterocycles. The van der Waals surface area contributed by atoms with Crippen molar-refractivity contribution in [2.75, 3.05) is 0 Å². The fourth-order valence-corrected chi connectivity index (χ4v) is 6.65. The smallest absolute Gasteiger partial charge is 0.340 e. The Bertz CT molecular complexity index is 1380. The first-order valence-corrected chi connectivity index (χ1v) is 13.8. The van der Waals surface area contributed by atoms with Crippen LogP contribution in [-0.4, -0.2) is 27.3 Å². The van der Waals surface area contributed by atoms with Crippen molar-refractivity contribution < 1.29 is 29.6 Å². The molecular formula is C29H28Br2O6. The Morgan fingerprint density at radius 3 is 1.70 bits per heavy atom. The molecule has 4 rings (SSSR count). The van der Waals surface area contributed by atoms with Crippen LogP contribution >= 0.6 is 31.9 Å². The van der Waals surface area contributed by atoms with E-state index in [1.807, 2.05) is 27.7 Å². The molecule has 1 aliphatic rings. The van der Waals surface area contributed by atoms with Gasteiger partial charge < -0.3 is 20.1 Å². The number of phenols is 2. The average Bonchev–Trinajstić information content (AvgIpc) is 3.19. The van der Waals surface area contributed by atoms with E-state index in [0.29, 0.717) is 56.9 Å². The second-order valence-electron chi connectivity index (χ2n) is 8.94. The second-order valence-corrected chi connectivity index (χ2v) is 10.7. The minimum Gasteiger partial charge on any atom is -0.506 e.